The number of hydrogen-bond donors (Lipinski definition) is 0. The lowest BCUT2D eigenvalue weighted by atomic mass is 9.79. The Balaban J connectivity index is 1.35. The lowest BCUT2D eigenvalue weighted by Crippen LogP contribution is -2.58. The second-order valence-corrected chi connectivity index (χ2v) is 8.69. The van der Waals surface area contributed by atoms with Crippen LogP contribution >= 0.6 is 0 Å². The van der Waals surface area contributed by atoms with E-state index in [2.05, 4.69) is 19.9 Å². The molecule has 34 heavy (non-hydrogen) atoms. The number of imidazole rings is 1. The fraction of sp³-hybridized carbons (Fsp3) is 0.550. The molecule has 0 bridgehead atoms. The zero-order valence-electron chi connectivity index (χ0n) is 18.1. The maximum absolute atomic E-state index is 13.1. The first-order valence-corrected chi connectivity index (χ1v) is 10.7. The maximum atomic E-state index is 13.1. The fourth-order valence-electron chi connectivity index (χ4n) is 4.81. The summed E-state index contributed by atoms with van der Waals surface area (Å²) in [5.41, 5.74) is -1.15. The van der Waals surface area contributed by atoms with E-state index in [4.69, 9.17) is 0 Å². The summed E-state index contributed by atoms with van der Waals surface area (Å²) < 4.78 is 67.3. The van der Waals surface area contributed by atoms with Crippen LogP contribution in [0.4, 0.5) is 33.7 Å². The average Bonchev–Trinajstić information content (AvgIpc) is 3.32. The van der Waals surface area contributed by atoms with E-state index in [1.54, 1.807) is 11.8 Å². The van der Waals surface area contributed by atoms with Crippen molar-refractivity contribution in [2.45, 2.75) is 39.0 Å². The summed E-state index contributed by atoms with van der Waals surface area (Å²) in [6.07, 6.45) is -4.09. The first-order valence-electron chi connectivity index (χ1n) is 10.7. The normalized spacial score (nSPS) is 17.9. The van der Waals surface area contributed by atoms with Gasteiger partial charge in [-0.05, 0) is 13.3 Å². The summed E-state index contributed by atoms with van der Waals surface area (Å²) in [5.74, 6) is 0.557. The Hall–Kier alpha value is -3.32. The number of fused-ring (bicyclic) bond motifs is 1. The third-order valence-electron chi connectivity index (χ3n) is 6.42. The summed E-state index contributed by atoms with van der Waals surface area (Å²) in [6, 6.07) is 0.942. The van der Waals surface area contributed by atoms with E-state index in [0.29, 0.717) is 44.2 Å². The molecule has 0 saturated carbocycles. The van der Waals surface area contributed by atoms with E-state index in [0.717, 1.165) is 23.4 Å². The second kappa shape index (κ2) is 7.87. The molecule has 14 heteroatoms. The molecule has 9 nitrogen and oxygen atoms in total. The van der Waals surface area contributed by atoms with E-state index < -0.39 is 30.5 Å². The minimum absolute atomic E-state index is 0.161. The van der Waals surface area contributed by atoms with Crippen molar-refractivity contribution in [1.29, 1.82) is 0 Å². The quantitative estimate of drug-likeness (QED) is 0.515. The molecule has 0 radical (unpaired) electrons. The minimum atomic E-state index is -4.54. The summed E-state index contributed by atoms with van der Waals surface area (Å²) >= 11 is 0. The number of anilines is 2. The van der Waals surface area contributed by atoms with Crippen molar-refractivity contribution in [1.82, 2.24) is 29.1 Å². The van der Waals surface area contributed by atoms with Gasteiger partial charge in [-0.15, -0.1) is 0 Å². The van der Waals surface area contributed by atoms with Crippen molar-refractivity contribution in [3.8, 4) is 0 Å². The lowest BCUT2D eigenvalue weighted by molar-refractivity contribution is -0.141. The number of nitrogens with zero attached hydrogens (tertiary/aromatic N) is 8. The van der Waals surface area contributed by atoms with Gasteiger partial charge in [-0.25, -0.2) is 28.5 Å². The first-order chi connectivity index (χ1) is 16.1. The summed E-state index contributed by atoms with van der Waals surface area (Å²) in [6.45, 7) is 3.48. The van der Waals surface area contributed by atoms with Gasteiger partial charge in [0.2, 0.25) is 5.95 Å². The predicted octanol–water partition coefficient (Wildman–Crippen LogP) is 2.40. The van der Waals surface area contributed by atoms with Crippen LogP contribution in [0.2, 0.25) is 0 Å². The molecule has 0 amide bonds. The van der Waals surface area contributed by atoms with Crippen molar-refractivity contribution in [2.75, 3.05) is 36.0 Å². The highest BCUT2D eigenvalue weighted by atomic mass is 19.4. The molecule has 182 valence electrons. The van der Waals surface area contributed by atoms with Gasteiger partial charge in [0.15, 0.2) is 5.65 Å². The van der Waals surface area contributed by atoms with Gasteiger partial charge in [-0.3, -0.25) is 9.13 Å². The molecule has 1 spiro atoms. The molecule has 3 aromatic rings. The Kier molecular flexibility index (Phi) is 5.20. The molecule has 0 N–H and O–H groups in total. The minimum Gasteiger partial charge on any atom is -0.355 e. The van der Waals surface area contributed by atoms with Crippen LogP contribution in [-0.2, 0) is 19.3 Å². The second-order valence-electron chi connectivity index (χ2n) is 8.69. The Morgan fingerprint density at radius 1 is 1.09 bits per heavy atom. The van der Waals surface area contributed by atoms with Gasteiger partial charge in [-0.2, -0.15) is 18.2 Å². The highest BCUT2D eigenvalue weighted by Gasteiger charge is 2.49. The number of aryl methyl sites for hydroxylation is 1. The van der Waals surface area contributed by atoms with Crippen molar-refractivity contribution in [3.05, 3.63) is 34.8 Å². The van der Waals surface area contributed by atoms with Crippen LogP contribution in [0.1, 0.15) is 19.0 Å². The van der Waals surface area contributed by atoms with Gasteiger partial charge in [0.1, 0.15) is 23.4 Å². The molecule has 2 saturated heterocycles. The summed E-state index contributed by atoms with van der Waals surface area (Å²) in [7, 11) is 0. The molecule has 0 atom stereocenters. The Bertz CT molecular complexity index is 1280. The molecule has 5 heterocycles. The van der Waals surface area contributed by atoms with Crippen LogP contribution in [0.3, 0.4) is 0 Å². The predicted molar refractivity (Wildman–Crippen MR) is 112 cm³/mol. The Morgan fingerprint density at radius 2 is 1.82 bits per heavy atom. The number of rotatable bonds is 5. The van der Waals surface area contributed by atoms with Crippen molar-refractivity contribution < 1.29 is 22.0 Å². The number of hydrogen-bond acceptors (Lipinski definition) is 7. The third-order valence-corrected chi connectivity index (χ3v) is 6.42. The van der Waals surface area contributed by atoms with Gasteiger partial charge in [0.25, 0.3) is 6.43 Å². The molecule has 2 aliphatic heterocycles. The third kappa shape index (κ3) is 3.74. The topological polar surface area (TPSA) is 85.0 Å². The smallest absolute Gasteiger partial charge is 0.355 e. The highest BCUT2D eigenvalue weighted by Crippen LogP contribution is 2.42. The van der Waals surface area contributed by atoms with Crippen molar-refractivity contribution >= 4 is 22.9 Å². The molecule has 5 rings (SSSR count). The van der Waals surface area contributed by atoms with Crippen LogP contribution in [-0.4, -0.2) is 61.7 Å². The zero-order valence-corrected chi connectivity index (χ0v) is 18.1. The Labute approximate surface area is 189 Å². The van der Waals surface area contributed by atoms with E-state index in [-0.39, 0.29) is 16.9 Å². The van der Waals surface area contributed by atoms with Gasteiger partial charge in [0, 0.05) is 44.2 Å². The fourth-order valence-corrected chi connectivity index (χ4v) is 4.81. The van der Waals surface area contributed by atoms with Gasteiger partial charge in [-0.1, -0.05) is 0 Å². The average molecular weight is 484 g/mol. The van der Waals surface area contributed by atoms with Gasteiger partial charge in [0.05, 0.1) is 12.7 Å². The van der Waals surface area contributed by atoms with E-state index in [1.807, 2.05) is 4.90 Å². The molecule has 0 aliphatic carbocycles. The van der Waals surface area contributed by atoms with Crippen molar-refractivity contribution in [2.24, 2.45) is 5.41 Å². The van der Waals surface area contributed by atoms with Crippen LogP contribution in [0.15, 0.2) is 23.4 Å². The van der Waals surface area contributed by atoms with Crippen LogP contribution in [0.25, 0.3) is 11.2 Å². The van der Waals surface area contributed by atoms with Gasteiger partial charge < -0.3 is 9.80 Å². The summed E-state index contributed by atoms with van der Waals surface area (Å²) in [5, 5.41) is 0. The van der Waals surface area contributed by atoms with Crippen LogP contribution in [0, 0.1) is 5.41 Å². The number of alkyl halides is 5. The molecular formula is C20H21F5N8O. The molecule has 0 aromatic carbocycles. The zero-order chi connectivity index (χ0) is 24.3. The van der Waals surface area contributed by atoms with Crippen LogP contribution < -0.4 is 15.5 Å². The van der Waals surface area contributed by atoms with Crippen molar-refractivity contribution in [3.63, 3.8) is 0 Å². The van der Waals surface area contributed by atoms with Gasteiger partial charge >= 0.3 is 11.9 Å². The molecule has 0 unspecified atom stereocenters. The highest BCUT2D eigenvalue weighted by molar-refractivity contribution is 5.72. The molecule has 2 aliphatic rings. The maximum Gasteiger partial charge on any atom is 0.433 e. The molecule has 2 fully saturated rings. The van der Waals surface area contributed by atoms with E-state index in [9.17, 15) is 26.7 Å². The number of halogens is 5. The molecular weight excluding hydrogens is 463 g/mol. The Morgan fingerprint density at radius 3 is 2.50 bits per heavy atom. The number of aromatic nitrogens is 6. The van der Waals surface area contributed by atoms with Crippen LogP contribution in [0.5, 0.6) is 0 Å². The molecule has 3 aromatic heterocycles. The lowest BCUT2D eigenvalue weighted by Gasteiger charge is -2.48. The largest absolute Gasteiger partial charge is 0.433 e. The van der Waals surface area contributed by atoms with E-state index in [1.165, 1.54) is 10.8 Å². The first kappa shape index (κ1) is 22.5. The van der Waals surface area contributed by atoms with E-state index >= 15 is 0 Å². The summed E-state index contributed by atoms with van der Waals surface area (Å²) in [4.78, 5) is 32.3. The standard InChI is InChI=1S/C20H21F5N8O/c1-2-32-12-6-26-17(29-16(12)33(18(32)34)7-14(21)22)30-4-3-19(8-30)9-31(10-19)15-5-13(20(23,24)25)27-11-28-15/h5-6,11,14H,2-4,7-10H2,1H3. The SMILES string of the molecule is CCn1c(=O)n(CC(F)F)c2nc(N3CCC4(CN(c5cc(C(F)(F)F)ncn5)C4)C3)ncc21. The monoisotopic (exact) mass is 484 g/mol.